The molecule has 0 saturated carbocycles. The number of rotatable bonds is 4. The van der Waals surface area contributed by atoms with E-state index in [-0.39, 0.29) is 5.91 Å². The third-order valence-electron chi connectivity index (χ3n) is 3.49. The van der Waals surface area contributed by atoms with E-state index in [0.717, 1.165) is 21.3 Å². The molecule has 3 rings (SSSR count). The van der Waals surface area contributed by atoms with Crippen LogP contribution >= 0.6 is 0 Å². The molecule has 2 radical (unpaired) electrons. The normalized spacial score (nSPS) is 10.5. The van der Waals surface area contributed by atoms with Crippen molar-refractivity contribution in [2.75, 3.05) is 5.32 Å². The van der Waals surface area contributed by atoms with Gasteiger partial charge in [-0.3, -0.25) is 0 Å². The first kappa shape index (κ1) is 15.6. The molecule has 4 nitrogen and oxygen atoms in total. The Morgan fingerprint density at radius 3 is 2.52 bits per heavy atom. The van der Waals surface area contributed by atoms with Crippen LogP contribution in [0.2, 0.25) is 0 Å². The van der Waals surface area contributed by atoms with Crippen LogP contribution in [-0.4, -0.2) is 32.5 Å². The third kappa shape index (κ3) is 3.91. The molecule has 0 aliphatic rings. The van der Waals surface area contributed by atoms with Crippen molar-refractivity contribution in [1.29, 1.82) is 0 Å². The van der Waals surface area contributed by atoms with Gasteiger partial charge in [-0.2, -0.15) is 0 Å². The summed E-state index contributed by atoms with van der Waals surface area (Å²) in [6, 6.07) is 17.3. The summed E-state index contributed by atoms with van der Waals surface area (Å²) < 4.78 is 2.87. The van der Waals surface area contributed by atoms with Gasteiger partial charge in [0.2, 0.25) is 0 Å². The first-order valence-electron chi connectivity index (χ1n) is 7.30. The molecule has 1 N–H and O–H groups in total. The van der Waals surface area contributed by atoms with Crippen LogP contribution < -0.4 is 9.67 Å². The van der Waals surface area contributed by atoms with E-state index in [9.17, 15) is 4.79 Å². The van der Waals surface area contributed by atoms with Crippen LogP contribution in [0, 0.1) is 6.92 Å². The van der Waals surface area contributed by atoms with E-state index in [2.05, 4.69) is 27.3 Å². The first-order valence-corrected chi connectivity index (χ1v) is 8.24. The number of benzene rings is 2. The van der Waals surface area contributed by atoms with Crippen LogP contribution in [0.1, 0.15) is 21.6 Å². The molecule has 1 amide bonds. The van der Waals surface area contributed by atoms with E-state index in [0.29, 0.717) is 12.1 Å². The number of hydrogen-bond acceptors (Lipinski definition) is 2. The summed E-state index contributed by atoms with van der Waals surface area (Å²) in [5.41, 5.74) is 3.56. The molecule has 0 unspecified atom stereocenters. The maximum absolute atomic E-state index is 12.3. The van der Waals surface area contributed by atoms with Crippen molar-refractivity contribution in [3.63, 3.8) is 0 Å². The zero-order valence-electron chi connectivity index (χ0n) is 12.7. The molecule has 3 aromatic rings. The first-order chi connectivity index (χ1) is 11.1. The van der Waals surface area contributed by atoms with Gasteiger partial charge in [0.1, 0.15) is 0 Å². The van der Waals surface area contributed by atoms with E-state index in [1.54, 1.807) is 0 Å². The number of carbonyl (C=O) groups is 1. The Balaban J connectivity index is 1.69. The van der Waals surface area contributed by atoms with Gasteiger partial charge in [0, 0.05) is 0 Å². The molecule has 1 aromatic heterocycles. The Morgan fingerprint density at radius 2 is 1.87 bits per heavy atom. The minimum absolute atomic E-state index is 0.106. The van der Waals surface area contributed by atoms with Gasteiger partial charge in [-0.05, 0) is 6.92 Å². The molecule has 0 bridgehead atoms. The summed E-state index contributed by atoms with van der Waals surface area (Å²) in [5.74, 6) is -0.106. The van der Waals surface area contributed by atoms with Crippen molar-refractivity contribution in [3.05, 3.63) is 77.6 Å². The number of nitrogens with one attached hydrogen (secondary N) is 1. The molecule has 23 heavy (non-hydrogen) atoms. The van der Waals surface area contributed by atoms with Crippen molar-refractivity contribution in [2.24, 2.45) is 0 Å². The summed E-state index contributed by atoms with van der Waals surface area (Å²) in [6.45, 7) is 2.67. The molecular weight excluding hydrogens is 349 g/mol. The molecule has 0 aliphatic heterocycles. The second-order valence-corrected chi connectivity index (χ2v) is 6.33. The Bertz CT molecular complexity index is 824. The molecular formula is C18H16AsN3O. The summed E-state index contributed by atoms with van der Waals surface area (Å²) in [6.07, 6.45) is 1.95. The number of carbonyl (C=O) groups excluding carboxylic acids is 1. The Labute approximate surface area is 144 Å². The summed E-state index contributed by atoms with van der Waals surface area (Å²) in [7, 11) is 0. The molecule has 0 fully saturated rings. The number of aromatic nitrogens is 2. The molecule has 0 spiro atoms. The van der Waals surface area contributed by atoms with Crippen molar-refractivity contribution in [3.8, 4) is 0 Å². The van der Waals surface area contributed by atoms with Gasteiger partial charge in [0.25, 0.3) is 0 Å². The number of nitrogens with zero attached hydrogens (tertiary/aromatic N) is 2. The van der Waals surface area contributed by atoms with E-state index in [1.807, 2.05) is 72.4 Å². The van der Waals surface area contributed by atoms with Gasteiger partial charge in [-0.15, -0.1) is 0 Å². The fourth-order valence-electron chi connectivity index (χ4n) is 2.27. The van der Waals surface area contributed by atoms with Crippen molar-refractivity contribution in [1.82, 2.24) is 9.78 Å². The van der Waals surface area contributed by atoms with Crippen LogP contribution in [-0.2, 0) is 6.54 Å². The van der Waals surface area contributed by atoms with E-state index in [4.69, 9.17) is 0 Å². The zero-order valence-corrected chi connectivity index (χ0v) is 14.6. The van der Waals surface area contributed by atoms with Gasteiger partial charge in [-0.25, -0.2) is 0 Å². The standard InChI is InChI=1S/C18H16AsN3O/c1-13-10-11-22(21-13)12-14-6-8-15(9-7-14)18(23)20-17-5-3-2-4-16(17)19/h2-11H,12H2,1H3,(H,20,23). The molecule has 2 aromatic carbocycles. The van der Waals surface area contributed by atoms with E-state index in [1.165, 1.54) is 0 Å². The third-order valence-corrected chi connectivity index (χ3v) is 4.31. The maximum atomic E-state index is 12.3. The number of anilines is 1. The monoisotopic (exact) mass is 365 g/mol. The molecule has 5 heteroatoms. The fourth-order valence-corrected chi connectivity index (χ4v) is 2.73. The van der Waals surface area contributed by atoms with Crippen molar-refractivity contribution in [2.45, 2.75) is 13.5 Å². The molecule has 0 saturated heterocycles. The molecule has 0 aliphatic carbocycles. The van der Waals surface area contributed by atoms with Crippen LogP contribution in [0.15, 0.2) is 60.8 Å². The molecule has 0 atom stereocenters. The average molecular weight is 365 g/mol. The van der Waals surface area contributed by atoms with Gasteiger partial charge >= 0.3 is 137 Å². The second kappa shape index (κ2) is 6.84. The van der Waals surface area contributed by atoms with Gasteiger partial charge in [0.05, 0.1) is 0 Å². The second-order valence-electron chi connectivity index (χ2n) is 5.32. The van der Waals surface area contributed by atoms with Crippen LogP contribution in [0.5, 0.6) is 0 Å². The SMILES string of the molecule is Cc1ccn(Cc2ccc(C(=O)Nc3ccccc3[As])cc2)n1. The van der Waals surface area contributed by atoms with Crippen LogP contribution in [0.4, 0.5) is 5.69 Å². The predicted molar refractivity (Wildman–Crippen MR) is 92.3 cm³/mol. The number of hydrogen-bond donors (Lipinski definition) is 1. The van der Waals surface area contributed by atoms with Crippen LogP contribution in [0.25, 0.3) is 0 Å². The zero-order chi connectivity index (χ0) is 16.2. The number of amides is 1. The van der Waals surface area contributed by atoms with Crippen molar-refractivity contribution < 1.29 is 4.79 Å². The van der Waals surface area contributed by atoms with Gasteiger partial charge < -0.3 is 0 Å². The average Bonchev–Trinajstić information content (AvgIpc) is 2.95. The summed E-state index contributed by atoms with van der Waals surface area (Å²) >= 11 is 2.46. The molecule has 1 heterocycles. The van der Waals surface area contributed by atoms with Gasteiger partial charge in [-0.1, -0.05) is 0 Å². The summed E-state index contributed by atoms with van der Waals surface area (Å²) in [5, 5.41) is 7.29. The van der Waals surface area contributed by atoms with Gasteiger partial charge in [0.15, 0.2) is 0 Å². The minimum atomic E-state index is -0.106. The Kier molecular flexibility index (Phi) is 4.63. The topological polar surface area (TPSA) is 46.9 Å². The fraction of sp³-hybridized carbons (Fsp3) is 0.111. The Morgan fingerprint density at radius 1 is 1.13 bits per heavy atom. The van der Waals surface area contributed by atoms with E-state index < -0.39 is 0 Å². The quantitative estimate of drug-likeness (QED) is 0.722. The number of aryl methyl sites for hydroxylation is 1. The number of para-hydroxylation sites is 1. The van der Waals surface area contributed by atoms with E-state index >= 15 is 0 Å². The molecule has 114 valence electrons. The van der Waals surface area contributed by atoms with Crippen molar-refractivity contribution >= 4 is 32.8 Å². The predicted octanol–water partition coefficient (Wildman–Crippen LogP) is 2.29. The van der Waals surface area contributed by atoms with Crippen LogP contribution in [0.3, 0.4) is 0 Å². The summed E-state index contributed by atoms with van der Waals surface area (Å²) in [4.78, 5) is 12.3. The Hall–Kier alpha value is -2.32.